The van der Waals surface area contributed by atoms with Crippen molar-refractivity contribution in [1.29, 1.82) is 0 Å². The molecule has 0 aliphatic carbocycles. The maximum Gasteiger partial charge on any atom is 0.287 e. The molecule has 0 spiro atoms. The molecule has 1 fully saturated rings. The second-order valence-corrected chi connectivity index (χ2v) is 4.96. The molecule has 2 heterocycles. The molecular formula is C12H20ClN5O. The summed E-state index contributed by atoms with van der Waals surface area (Å²) in [5, 5.41) is 4.40. The number of aromatic nitrogens is 2. The summed E-state index contributed by atoms with van der Waals surface area (Å²) in [6, 6.07) is 0. The second kappa shape index (κ2) is 6.36. The Morgan fingerprint density at radius 1 is 1.37 bits per heavy atom. The largest absolute Gasteiger partial charge is 0.366 e. The first-order chi connectivity index (χ1) is 9.17. The summed E-state index contributed by atoms with van der Waals surface area (Å²) in [5.74, 6) is 0. The Morgan fingerprint density at radius 3 is 2.63 bits per heavy atom. The average Bonchev–Trinajstić information content (AvgIpc) is 2.43. The molecule has 7 heteroatoms. The third-order valence-corrected chi connectivity index (χ3v) is 3.78. The Kier molecular flexibility index (Phi) is 4.79. The molecule has 2 N–H and O–H groups in total. The zero-order valence-corrected chi connectivity index (χ0v) is 11.9. The maximum atomic E-state index is 11.9. The van der Waals surface area contributed by atoms with Crippen LogP contribution in [0.25, 0.3) is 0 Å². The van der Waals surface area contributed by atoms with E-state index >= 15 is 0 Å². The number of nitrogens with zero attached hydrogens (tertiary/aromatic N) is 4. The van der Waals surface area contributed by atoms with Crippen LogP contribution in [-0.4, -0.2) is 53.9 Å². The lowest BCUT2D eigenvalue weighted by molar-refractivity contribution is 0.264. The highest BCUT2D eigenvalue weighted by molar-refractivity contribution is 6.33. The van der Waals surface area contributed by atoms with Crippen molar-refractivity contribution in [3.63, 3.8) is 0 Å². The molecule has 0 bridgehead atoms. The van der Waals surface area contributed by atoms with Crippen LogP contribution < -0.4 is 16.2 Å². The number of halogens is 1. The van der Waals surface area contributed by atoms with Crippen LogP contribution in [0.3, 0.4) is 0 Å². The highest BCUT2D eigenvalue weighted by Crippen LogP contribution is 2.22. The first-order valence-corrected chi connectivity index (χ1v) is 6.98. The van der Waals surface area contributed by atoms with Crippen molar-refractivity contribution in [3.05, 3.63) is 21.6 Å². The standard InChI is InChI=1S/C12H20ClN5O/c1-2-18-12(19)11(13)10(9-15-18)17-7-5-16(4-3-14)6-8-17/h9H,2-8,14H2,1H3. The van der Waals surface area contributed by atoms with Crippen LogP contribution in [0.2, 0.25) is 5.02 Å². The monoisotopic (exact) mass is 285 g/mol. The summed E-state index contributed by atoms with van der Waals surface area (Å²) < 4.78 is 1.37. The molecule has 1 aliphatic rings. The SMILES string of the molecule is CCn1ncc(N2CCN(CCN)CC2)c(Cl)c1=O. The number of rotatable bonds is 4. The fourth-order valence-electron chi connectivity index (χ4n) is 2.30. The van der Waals surface area contributed by atoms with E-state index in [0.29, 0.717) is 13.1 Å². The number of nitrogens with two attached hydrogens (primary N) is 1. The van der Waals surface area contributed by atoms with Crippen LogP contribution in [0.15, 0.2) is 11.0 Å². The van der Waals surface area contributed by atoms with E-state index in [4.69, 9.17) is 17.3 Å². The van der Waals surface area contributed by atoms with Gasteiger partial charge in [0.15, 0.2) is 0 Å². The van der Waals surface area contributed by atoms with Gasteiger partial charge in [0.25, 0.3) is 5.56 Å². The molecule has 0 radical (unpaired) electrons. The Bertz CT molecular complexity index is 481. The van der Waals surface area contributed by atoms with Gasteiger partial charge >= 0.3 is 0 Å². The van der Waals surface area contributed by atoms with E-state index in [1.807, 2.05) is 6.92 Å². The van der Waals surface area contributed by atoms with Crippen LogP contribution in [0.4, 0.5) is 5.69 Å². The van der Waals surface area contributed by atoms with Gasteiger partial charge in [-0.3, -0.25) is 9.69 Å². The lowest BCUT2D eigenvalue weighted by Gasteiger charge is -2.35. The number of aryl methyl sites for hydroxylation is 1. The molecule has 0 amide bonds. The molecule has 1 aliphatic heterocycles. The normalized spacial score (nSPS) is 16.9. The van der Waals surface area contributed by atoms with Gasteiger partial charge in [0, 0.05) is 45.8 Å². The first kappa shape index (κ1) is 14.3. The second-order valence-electron chi connectivity index (χ2n) is 4.58. The van der Waals surface area contributed by atoms with Crippen molar-refractivity contribution in [2.45, 2.75) is 13.5 Å². The Balaban J connectivity index is 2.12. The fourth-order valence-corrected chi connectivity index (χ4v) is 2.56. The number of hydrogen-bond donors (Lipinski definition) is 1. The minimum Gasteiger partial charge on any atom is -0.366 e. The van der Waals surface area contributed by atoms with Crippen molar-refractivity contribution < 1.29 is 0 Å². The summed E-state index contributed by atoms with van der Waals surface area (Å²) in [4.78, 5) is 16.4. The molecule has 0 aromatic carbocycles. The van der Waals surface area contributed by atoms with E-state index in [9.17, 15) is 4.79 Å². The maximum absolute atomic E-state index is 11.9. The van der Waals surface area contributed by atoms with Crippen LogP contribution in [0.5, 0.6) is 0 Å². The minimum atomic E-state index is -0.217. The van der Waals surface area contributed by atoms with Gasteiger partial charge in [0.05, 0.1) is 11.9 Å². The quantitative estimate of drug-likeness (QED) is 0.843. The zero-order valence-electron chi connectivity index (χ0n) is 11.2. The molecule has 2 rings (SSSR count). The van der Waals surface area contributed by atoms with Crippen LogP contribution in [-0.2, 0) is 6.54 Å². The smallest absolute Gasteiger partial charge is 0.287 e. The third-order valence-electron chi connectivity index (χ3n) is 3.42. The Hall–Kier alpha value is -1.11. The van der Waals surface area contributed by atoms with Crippen molar-refractivity contribution in [1.82, 2.24) is 14.7 Å². The van der Waals surface area contributed by atoms with Gasteiger partial charge in [-0.05, 0) is 6.92 Å². The van der Waals surface area contributed by atoms with E-state index in [1.54, 1.807) is 6.20 Å². The van der Waals surface area contributed by atoms with Crippen molar-refractivity contribution in [3.8, 4) is 0 Å². The van der Waals surface area contributed by atoms with Crippen LogP contribution in [0.1, 0.15) is 6.92 Å². The topological polar surface area (TPSA) is 67.4 Å². The van der Waals surface area contributed by atoms with E-state index in [2.05, 4.69) is 14.9 Å². The van der Waals surface area contributed by atoms with Gasteiger partial charge in [-0.2, -0.15) is 5.10 Å². The van der Waals surface area contributed by atoms with Crippen molar-refractivity contribution >= 4 is 17.3 Å². The summed E-state index contributed by atoms with van der Waals surface area (Å²) in [6.45, 7) is 7.55. The lowest BCUT2D eigenvalue weighted by atomic mass is 10.3. The molecule has 6 nitrogen and oxygen atoms in total. The molecule has 1 aromatic heterocycles. The highest BCUT2D eigenvalue weighted by Gasteiger charge is 2.20. The Morgan fingerprint density at radius 2 is 2.05 bits per heavy atom. The molecule has 106 valence electrons. The molecule has 1 saturated heterocycles. The number of anilines is 1. The van der Waals surface area contributed by atoms with E-state index in [1.165, 1.54) is 4.68 Å². The first-order valence-electron chi connectivity index (χ1n) is 6.60. The van der Waals surface area contributed by atoms with Gasteiger partial charge in [-0.15, -0.1) is 0 Å². The van der Waals surface area contributed by atoms with Gasteiger partial charge < -0.3 is 10.6 Å². The molecule has 0 atom stereocenters. The van der Waals surface area contributed by atoms with Crippen LogP contribution in [0, 0.1) is 0 Å². The number of piperazine rings is 1. The van der Waals surface area contributed by atoms with Crippen molar-refractivity contribution in [2.24, 2.45) is 5.73 Å². The van der Waals surface area contributed by atoms with Gasteiger partial charge in [0.1, 0.15) is 5.02 Å². The Labute approximate surface area is 117 Å². The predicted molar refractivity (Wildman–Crippen MR) is 76.9 cm³/mol. The fraction of sp³-hybridized carbons (Fsp3) is 0.667. The summed E-state index contributed by atoms with van der Waals surface area (Å²) in [5.41, 5.74) is 6.07. The lowest BCUT2D eigenvalue weighted by Crippen LogP contribution is -2.48. The van der Waals surface area contributed by atoms with Gasteiger partial charge in [-0.1, -0.05) is 11.6 Å². The van der Waals surface area contributed by atoms with E-state index in [-0.39, 0.29) is 10.6 Å². The summed E-state index contributed by atoms with van der Waals surface area (Å²) in [7, 11) is 0. The average molecular weight is 286 g/mol. The van der Waals surface area contributed by atoms with Crippen LogP contribution >= 0.6 is 11.6 Å². The third kappa shape index (κ3) is 3.08. The molecule has 0 unspecified atom stereocenters. The molecular weight excluding hydrogens is 266 g/mol. The summed E-state index contributed by atoms with van der Waals surface area (Å²) in [6.07, 6.45) is 1.69. The van der Waals surface area contributed by atoms with Gasteiger partial charge in [0.2, 0.25) is 0 Å². The highest BCUT2D eigenvalue weighted by atomic mass is 35.5. The van der Waals surface area contributed by atoms with E-state index in [0.717, 1.165) is 38.4 Å². The number of hydrogen-bond acceptors (Lipinski definition) is 5. The predicted octanol–water partition coefficient (Wildman–Crippen LogP) is -0.00270. The molecule has 1 aromatic rings. The van der Waals surface area contributed by atoms with Gasteiger partial charge in [-0.25, -0.2) is 4.68 Å². The molecule has 19 heavy (non-hydrogen) atoms. The zero-order chi connectivity index (χ0) is 13.8. The minimum absolute atomic E-state index is 0.217. The molecule has 0 saturated carbocycles. The van der Waals surface area contributed by atoms with Crippen molar-refractivity contribution in [2.75, 3.05) is 44.2 Å². The summed E-state index contributed by atoms with van der Waals surface area (Å²) >= 11 is 6.16. The van der Waals surface area contributed by atoms with E-state index < -0.39 is 0 Å².